The Bertz CT molecular complexity index is 534. The van der Waals surface area contributed by atoms with Crippen molar-refractivity contribution in [2.75, 3.05) is 18.5 Å². The predicted molar refractivity (Wildman–Crippen MR) is 83.2 cm³/mol. The van der Waals surface area contributed by atoms with Crippen LogP contribution >= 0.6 is 0 Å². The summed E-state index contributed by atoms with van der Waals surface area (Å²) in [5, 5.41) is 2.60. The normalized spacial score (nSPS) is 11.0. The van der Waals surface area contributed by atoms with Crippen LogP contribution in [0.15, 0.2) is 18.2 Å². The SMILES string of the molecule is CCOCC(=O)Oc1cc(NC(=O)OC(C)(C)C)ccc1C. The van der Waals surface area contributed by atoms with E-state index in [0.717, 1.165) is 5.56 Å². The van der Waals surface area contributed by atoms with Crippen LogP contribution in [0.25, 0.3) is 0 Å². The Morgan fingerprint density at radius 2 is 1.91 bits per heavy atom. The lowest BCUT2D eigenvalue weighted by Crippen LogP contribution is -2.27. The maximum absolute atomic E-state index is 11.7. The Kier molecular flexibility index (Phi) is 6.37. The summed E-state index contributed by atoms with van der Waals surface area (Å²) in [7, 11) is 0. The maximum Gasteiger partial charge on any atom is 0.412 e. The highest BCUT2D eigenvalue weighted by Crippen LogP contribution is 2.23. The Hall–Kier alpha value is -2.08. The summed E-state index contributed by atoms with van der Waals surface area (Å²) in [5.41, 5.74) is 0.681. The van der Waals surface area contributed by atoms with Crippen LogP contribution in [0, 0.1) is 6.92 Å². The van der Waals surface area contributed by atoms with Crippen LogP contribution in [0.2, 0.25) is 0 Å². The van der Waals surface area contributed by atoms with Crippen LogP contribution in [0.3, 0.4) is 0 Å². The molecule has 1 aromatic rings. The first-order valence-electron chi connectivity index (χ1n) is 7.10. The third kappa shape index (κ3) is 6.58. The Morgan fingerprint density at radius 3 is 2.50 bits per heavy atom. The van der Waals surface area contributed by atoms with Gasteiger partial charge in [0.25, 0.3) is 0 Å². The van der Waals surface area contributed by atoms with Crippen LogP contribution in [-0.4, -0.2) is 30.9 Å². The minimum absolute atomic E-state index is 0.111. The third-order valence-electron chi connectivity index (χ3n) is 2.48. The molecular weight excluding hydrogens is 286 g/mol. The van der Waals surface area contributed by atoms with E-state index in [-0.39, 0.29) is 6.61 Å². The highest BCUT2D eigenvalue weighted by molar-refractivity contribution is 5.85. The van der Waals surface area contributed by atoms with Gasteiger partial charge >= 0.3 is 12.1 Å². The van der Waals surface area contributed by atoms with Gasteiger partial charge in [0.05, 0.1) is 0 Å². The van der Waals surface area contributed by atoms with E-state index in [4.69, 9.17) is 14.2 Å². The van der Waals surface area contributed by atoms with Gasteiger partial charge in [0.15, 0.2) is 0 Å². The van der Waals surface area contributed by atoms with Crippen molar-refractivity contribution in [2.24, 2.45) is 0 Å². The molecule has 0 aliphatic rings. The molecule has 1 rings (SSSR count). The average Bonchev–Trinajstić information content (AvgIpc) is 2.38. The molecule has 0 spiro atoms. The minimum atomic E-state index is -0.582. The van der Waals surface area contributed by atoms with Gasteiger partial charge in [-0.2, -0.15) is 0 Å². The Labute approximate surface area is 130 Å². The van der Waals surface area contributed by atoms with Gasteiger partial charge in [-0.3, -0.25) is 5.32 Å². The summed E-state index contributed by atoms with van der Waals surface area (Å²) >= 11 is 0. The highest BCUT2D eigenvalue weighted by atomic mass is 16.6. The summed E-state index contributed by atoms with van der Waals surface area (Å²) in [4.78, 5) is 23.3. The molecule has 0 saturated heterocycles. The molecule has 0 radical (unpaired) electrons. The number of carbonyl (C=O) groups is 2. The smallest absolute Gasteiger partial charge is 0.412 e. The van der Waals surface area contributed by atoms with Crippen molar-refractivity contribution < 1.29 is 23.8 Å². The number of nitrogens with one attached hydrogen (secondary N) is 1. The number of amides is 1. The number of esters is 1. The molecule has 0 bridgehead atoms. The molecule has 6 nitrogen and oxygen atoms in total. The van der Waals surface area contributed by atoms with Gasteiger partial charge in [-0.25, -0.2) is 9.59 Å². The van der Waals surface area contributed by atoms with E-state index < -0.39 is 17.7 Å². The third-order valence-corrected chi connectivity index (χ3v) is 2.48. The molecule has 0 saturated carbocycles. The van der Waals surface area contributed by atoms with Crippen LogP contribution < -0.4 is 10.1 Å². The number of rotatable bonds is 5. The second kappa shape index (κ2) is 7.79. The van der Waals surface area contributed by atoms with Gasteiger partial charge in [0.1, 0.15) is 18.0 Å². The predicted octanol–water partition coefficient (Wildman–Crippen LogP) is 3.28. The topological polar surface area (TPSA) is 73.9 Å². The molecular formula is C16H23NO5. The van der Waals surface area contributed by atoms with Crippen molar-refractivity contribution in [2.45, 2.75) is 40.2 Å². The van der Waals surface area contributed by atoms with Crippen LogP contribution in [0.1, 0.15) is 33.3 Å². The summed E-state index contributed by atoms with van der Waals surface area (Å²) in [6.07, 6.45) is -0.567. The van der Waals surface area contributed by atoms with Crippen LogP contribution in [-0.2, 0) is 14.3 Å². The summed E-state index contributed by atoms with van der Waals surface area (Å²) < 4.78 is 15.4. The standard InChI is InChI=1S/C16H23NO5/c1-6-20-10-14(18)21-13-9-12(8-7-11(13)2)17-15(19)22-16(3,4)5/h7-9H,6,10H2,1-5H3,(H,17,19). The number of ether oxygens (including phenoxy) is 3. The molecule has 1 amide bonds. The molecule has 0 heterocycles. The molecule has 1 aromatic carbocycles. The van der Waals surface area contributed by atoms with Gasteiger partial charge in [-0.15, -0.1) is 0 Å². The molecule has 0 aliphatic carbocycles. The van der Waals surface area contributed by atoms with E-state index in [1.807, 2.05) is 0 Å². The van der Waals surface area contributed by atoms with E-state index in [1.54, 1.807) is 52.8 Å². The van der Waals surface area contributed by atoms with Crippen LogP contribution in [0.4, 0.5) is 10.5 Å². The zero-order chi connectivity index (χ0) is 16.8. The van der Waals surface area contributed by atoms with Gasteiger partial charge in [-0.05, 0) is 46.2 Å². The number of anilines is 1. The summed E-state index contributed by atoms with van der Waals surface area (Å²) in [6.45, 7) is 9.27. The fourth-order valence-corrected chi connectivity index (χ4v) is 1.55. The largest absolute Gasteiger partial charge is 0.444 e. The van der Waals surface area contributed by atoms with Gasteiger partial charge in [-0.1, -0.05) is 6.07 Å². The van der Waals surface area contributed by atoms with Crippen molar-refractivity contribution in [1.82, 2.24) is 0 Å². The van der Waals surface area contributed by atoms with Crippen molar-refractivity contribution in [1.29, 1.82) is 0 Å². The molecule has 0 atom stereocenters. The average molecular weight is 309 g/mol. The lowest BCUT2D eigenvalue weighted by Gasteiger charge is -2.20. The summed E-state index contributed by atoms with van der Waals surface area (Å²) in [6, 6.07) is 5.03. The molecule has 22 heavy (non-hydrogen) atoms. The van der Waals surface area contributed by atoms with E-state index >= 15 is 0 Å². The molecule has 122 valence electrons. The van der Waals surface area contributed by atoms with E-state index in [9.17, 15) is 9.59 Å². The number of hydrogen-bond donors (Lipinski definition) is 1. The highest BCUT2D eigenvalue weighted by Gasteiger charge is 2.17. The monoisotopic (exact) mass is 309 g/mol. The van der Waals surface area contributed by atoms with E-state index in [1.165, 1.54) is 0 Å². The molecule has 1 N–H and O–H groups in total. The molecule has 6 heteroatoms. The van der Waals surface area contributed by atoms with Gasteiger partial charge in [0, 0.05) is 18.4 Å². The number of aryl methyl sites for hydroxylation is 1. The fraction of sp³-hybridized carbons (Fsp3) is 0.500. The van der Waals surface area contributed by atoms with Crippen molar-refractivity contribution in [3.8, 4) is 5.75 Å². The zero-order valence-electron chi connectivity index (χ0n) is 13.7. The van der Waals surface area contributed by atoms with Crippen molar-refractivity contribution in [3.63, 3.8) is 0 Å². The number of carbonyl (C=O) groups excluding carboxylic acids is 2. The molecule has 0 aromatic heterocycles. The number of hydrogen-bond acceptors (Lipinski definition) is 5. The molecule has 0 unspecified atom stereocenters. The second-order valence-electron chi connectivity index (χ2n) is 5.72. The number of benzene rings is 1. The lowest BCUT2D eigenvalue weighted by atomic mass is 10.2. The lowest BCUT2D eigenvalue weighted by molar-refractivity contribution is -0.139. The first kappa shape index (κ1) is 18.0. The molecule has 0 aliphatic heterocycles. The Morgan fingerprint density at radius 1 is 1.23 bits per heavy atom. The van der Waals surface area contributed by atoms with E-state index in [0.29, 0.717) is 18.0 Å². The first-order chi connectivity index (χ1) is 10.2. The second-order valence-corrected chi connectivity index (χ2v) is 5.72. The van der Waals surface area contributed by atoms with Gasteiger partial charge < -0.3 is 14.2 Å². The van der Waals surface area contributed by atoms with Gasteiger partial charge in [0.2, 0.25) is 0 Å². The first-order valence-corrected chi connectivity index (χ1v) is 7.10. The molecule has 0 fully saturated rings. The zero-order valence-corrected chi connectivity index (χ0v) is 13.7. The van der Waals surface area contributed by atoms with Crippen LogP contribution in [0.5, 0.6) is 5.75 Å². The quantitative estimate of drug-likeness (QED) is 0.667. The minimum Gasteiger partial charge on any atom is -0.444 e. The maximum atomic E-state index is 11.7. The van der Waals surface area contributed by atoms with E-state index in [2.05, 4.69) is 5.32 Å². The Balaban J connectivity index is 2.73. The van der Waals surface area contributed by atoms with Crippen molar-refractivity contribution in [3.05, 3.63) is 23.8 Å². The van der Waals surface area contributed by atoms with Crippen molar-refractivity contribution >= 4 is 17.7 Å². The fourth-order valence-electron chi connectivity index (χ4n) is 1.55. The summed E-state index contributed by atoms with van der Waals surface area (Å²) in [5.74, 6) is -0.113.